The number of anilines is 1. The molecule has 0 fully saturated rings. The monoisotopic (exact) mass is 326 g/mol. The number of carbonyl (C=O) groups excluding carboxylic acids is 2. The normalized spacial score (nSPS) is 11.6. The molecule has 2 rings (SSSR count). The molecule has 2 aromatic carbocycles. The van der Waals surface area contributed by atoms with E-state index in [9.17, 15) is 14.7 Å². The zero-order chi connectivity index (χ0) is 17.5. The van der Waals surface area contributed by atoms with E-state index in [0.29, 0.717) is 17.7 Å². The van der Waals surface area contributed by atoms with Gasteiger partial charge in [0, 0.05) is 17.9 Å². The Morgan fingerprint density at radius 1 is 1.12 bits per heavy atom. The Morgan fingerprint density at radius 3 is 2.42 bits per heavy atom. The van der Waals surface area contributed by atoms with Gasteiger partial charge in [-0.05, 0) is 49.6 Å². The lowest BCUT2D eigenvalue weighted by Gasteiger charge is -2.19. The number of rotatable bonds is 6. The molecule has 5 heteroatoms. The Morgan fingerprint density at radius 2 is 1.83 bits per heavy atom. The molecule has 0 saturated carbocycles. The molecule has 0 spiro atoms. The summed E-state index contributed by atoms with van der Waals surface area (Å²) < 4.78 is 0. The summed E-state index contributed by atoms with van der Waals surface area (Å²) in [5.41, 5.74) is 3.01. The predicted octanol–water partition coefficient (Wildman–Crippen LogP) is 3.44. The van der Waals surface area contributed by atoms with Gasteiger partial charge in [0.2, 0.25) is 0 Å². The van der Waals surface area contributed by atoms with Crippen molar-refractivity contribution in [2.45, 2.75) is 26.3 Å². The fraction of sp³-hybridized carbons (Fsp3) is 0.263. The van der Waals surface area contributed by atoms with Crippen LogP contribution in [0.4, 0.5) is 10.5 Å². The first-order chi connectivity index (χ1) is 11.5. The van der Waals surface area contributed by atoms with Crippen LogP contribution in [0, 0.1) is 6.92 Å². The molecule has 0 heterocycles. The molecule has 126 valence electrons. The first-order valence-electron chi connectivity index (χ1n) is 7.86. The SMILES string of the molecule is CC(=O)c1ccc(NC(=O)N[C@H](CCO)c2ccccc2)cc1C. The molecular weight excluding hydrogens is 304 g/mol. The van der Waals surface area contributed by atoms with Crippen LogP contribution in [0.25, 0.3) is 0 Å². The van der Waals surface area contributed by atoms with E-state index >= 15 is 0 Å². The van der Waals surface area contributed by atoms with Crippen molar-refractivity contribution in [3.05, 3.63) is 65.2 Å². The third kappa shape index (κ3) is 4.67. The van der Waals surface area contributed by atoms with E-state index in [1.807, 2.05) is 37.3 Å². The number of ketones is 1. The first-order valence-corrected chi connectivity index (χ1v) is 7.86. The molecule has 5 nitrogen and oxygen atoms in total. The lowest BCUT2D eigenvalue weighted by atomic mass is 10.0. The topological polar surface area (TPSA) is 78.4 Å². The second-order valence-electron chi connectivity index (χ2n) is 5.66. The van der Waals surface area contributed by atoms with E-state index in [1.54, 1.807) is 18.2 Å². The average molecular weight is 326 g/mol. The molecule has 0 aromatic heterocycles. The van der Waals surface area contributed by atoms with E-state index < -0.39 is 0 Å². The summed E-state index contributed by atoms with van der Waals surface area (Å²) in [5.74, 6) is -0.00408. The van der Waals surface area contributed by atoms with Crippen molar-refractivity contribution in [3.63, 3.8) is 0 Å². The molecular formula is C19H22N2O3. The smallest absolute Gasteiger partial charge is 0.319 e. The molecule has 0 bridgehead atoms. The number of urea groups is 1. The molecule has 0 aliphatic carbocycles. The molecule has 0 radical (unpaired) electrons. The quantitative estimate of drug-likeness (QED) is 0.712. The maximum atomic E-state index is 12.2. The number of nitrogens with one attached hydrogen (secondary N) is 2. The van der Waals surface area contributed by atoms with Gasteiger partial charge < -0.3 is 15.7 Å². The zero-order valence-electron chi connectivity index (χ0n) is 13.9. The molecule has 0 saturated heterocycles. The highest BCUT2D eigenvalue weighted by atomic mass is 16.3. The van der Waals surface area contributed by atoms with E-state index in [2.05, 4.69) is 10.6 Å². The van der Waals surface area contributed by atoms with Crippen LogP contribution in [0.15, 0.2) is 48.5 Å². The summed E-state index contributed by atoms with van der Waals surface area (Å²) in [6, 6.07) is 14.0. The van der Waals surface area contributed by atoms with E-state index in [-0.39, 0.29) is 24.5 Å². The summed E-state index contributed by atoms with van der Waals surface area (Å²) in [6.07, 6.45) is 0.430. The Kier molecular flexibility index (Phi) is 6.09. The maximum Gasteiger partial charge on any atom is 0.319 e. The number of aliphatic hydroxyl groups is 1. The van der Waals surface area contributed by atoms with Crippen molar-refractivity contribution in [3.8, 4) is 0 Å². The highest BCUT2D eigenvalue weighted by Gasteiger charge is 2.14. The van der Waals surface area contributed by atoms with E-state index in [4.69, 9.17) is 0 Å². The molecule has 2 amide bonds. The van der Waals surface area contributed by atoms with Crippen molar-refractivity contribution in [2.75, 3.05) is 11.9 Å². The average Bonchev–Trinajstić information content (AvgIpc) is 2.55. The van der Waals surface area contributed by atoms with Gasteiger partial charge in [-0.1, -0.05) is 30.3 Å². The van der Waals surface area contributed by atoms with Gasteiger partial charge >= 0.3 is 6.03 Å². The minimum absolute atomic E-state index is 0.00408. The van der Waals surface area contributed by atoms with Crippen LogP contribution in [-0.4, -0.2) is 23.5 Å². The van der Waals surface area contributed by atoms with Crippen LogP contribution in [0.3, 0.4) is 0 Å². The van der Waals surface area contributed by atoms with Gasteiger partial charge in [0.15, 0.2) is 5.78 Å². The molecule has 3 N–H and O–H groups in total. The zero-order valence-corrected chi connectivity index (χ0v) is 13.9. The fourth-order valence-corrected chi connectivity index (χ4v) is 2.60. The van der Waals surface area contributed by atoms with Crippen molar-refractivity contribution in [1.29, 1.82) is 0 Å². The minimum Gasteiger partial charge on any atom is -0.396 e. The molecule has 2 aromatic rings. The molecule has 0 unspecified atom stereocenters. The van der Waals surface area contributed by atoms with Crippen molar-refractivity contribution in [2.24, 2.45) is 0 Å². The first kappa shape index (κ1) is 17.7. The number of benzene rings is 2. The van der Waals surface area contributed by atoms with E-state index in [1.165, 1.54) is 6.92 Å². The van der Waals surface area contributed by atoms with Crippen LogP contribution in [0.1, 0.15) is 40.9 Å². The van der Waals surface area contributed by atoms with Crippen LogP contribution < -0.4 is 10.6 Å². The summed E-state index contributed by atoms with van der Waals surface area (Å²) in [7, 11) is 0. The van der Waals surface area contributed by atoms with Crippen LogP contribution in [-0.2, 0) is 0 Å². The lowest BCUT2D eigenvalue weighted by molar-refractivity contribution is 0.101. The van der Waals surface area contributed by atoms with Gasteiger partial charge in [-0.3, -0.25) is 4.79 Å². The third-order valence-corrected chi connectivity index (χ3v) is 3.79. The van der Waals surface area contributed by atoms with Gasteiger partial charge in [0.05, 0.1) is 6.04 Å². The summed E-state index contributed by atoms with van der Waals surface area (Å²) >= 11 is 0. The number of Topliss-reactive ketones (excluding diaryl/α,β-unsaturated/α-hetero) is 1. The number of carbonyl (C=O) groups is 2. The molecule has 0 aliphatic rings. The Labute approximate surface area is 141 Å². The Bertz CT molecular complexity index is 714. The molecule has 0 aliphatic heterocycles. The summed E-state index contributed by atoms with van der Waals surface area (Å²) in [5, 5.41) is 14.8. The van der Waals surface area contributed by atoms with Gasteiger partial charge in [-0.2, -0.15) is 0 Å². The largest absolute Gasteiger partial charge is 0.396 e. The number of hydrogen-bond acceptors (Lipinski definition) is 3. The van der Waals surface area contributed by atoms with E-state index in [0.717, 1.165) is 11.1 Å². The lowest BCUT2D eigenvalue weighted by Crippen LogP contribution is -2.33. The second-order valence-corrected chi connectivity index (χ2v) is 5.66. The predicted molar refractivity (Wildman–Crippen MR) is 94.2 cm³/mol. The number of hydrogen-bond donors (Lipinski definition) is 3. The Balaban J connectivity index is 2.06. The van der Waals surface area contributed by atoms with Gasteiger partial charge in [-0.15, -0.1) is 0 Å². The van der Waals surface area contributed by atoms with Crippen LogP contribution in [0.5, 0.6) is 0 Å². The highest BCUT2D eigenvalue weighted by molar-refractivity contribution is 5.97. The fourth-order valence-electron chi connectivity index (χ4n) is 2.60. The van der Waals surface area contributed by atoms with Crippen LogP contribution in [0.2, 0.25) is 0 Å². The standard InChI is InChI=1S/C19H22N2O3/c1-13-12-16(8-9-17(13)14(2)23)20-19(24)21-18(10-11-22)15-6-4-3-5-7-15/h3-9,12,18,22H,10-11H2,1-2H3,(H2,20,21,24)/t18-/m1/s1. The number of aliphatic hydroxyl groups excluding tert-OH is 1. The number of amides is 2. The molecule has 24 heavy (non-hydrogen) atoms. The van der Waals surface area contributed by atoms with Gasteiger partial charge in [0.25, 0.3) is 0 Å². The summed E-state index contributed by atoms with van der Waals surface area (Å²) in [6.45, 7) is 3.33. The van der Waals surface area contributed by atoms with Crippen molar-refractivity contribution < 1.29 is 14.7 Å². The second kappa shape index (κ2) is 8.26. The van der Waals surface area contributed by atoms with Gasteiger partial charge in [-0.25, -0.2) is 4.79 Å². The van der Waals surface area contributed by atoms with Crippen LogP contribution >= 0.6 is 0 Å². The van der Waals surface area contributed by atoms with Gasteiger partial charge in [0.1, 0.15) is 0 Å². The summed E-state index contributed by atoms with van der Waals surface area (Å²) in [4.78, 5) is 23.7. The third-order valence-electron chi connectivity index (χ3n) is 3.79. The minimum atomic E-state index is -0.354. The van der Waals surface area contributed by atoms with Crippen molar-refractivity contribution >= 4 is 17.5 Å². The number of aryl methyl sites for hydroxylation is 1. The Hall–Kier alpha value is -2.66. The molecule has 1 atom stereocenters. The highest BCUT2D eigenvalue weighted by Crippen LogP contribution is 2.18. The van der Waals surface area contributed by atoms with Crippen molar-refractivity contribution in [1.82, 2.24) is 5.32 Å². The maximum absolute atomic E-state index is 12.2.